The summed E-state index contributed by atoms with van der Waals surface area (Å²) in [5.41, 5.74) is 2.32. The molecular formula is C16H23BN2O2. The second-order valence-electron chi connectivity index (χ2n) is 8.06. The molecule has 21 heavy (non-hydrogen) atoms. The second-order valence-corrected chi connectivity index (χ2v) is 8.06. The average Bonchev–Trinajstić information content (AvgIpc) is 2.86. The highest BCUT2D eigenvalue weighted by molar-refractivity contribution is 6.61. The van der Waals surface area contributed by atoms with Crippen molar-refractivity contribution in [3.8, 4) is 6.07 Å². The Hall–Kier alpha value is -1.25. The molecule has 0 bridgehead atoms. The molecule has 0 atom stereocenters. The van der Waals surface area contributed by atoms with Crippen LogP contribution in [0.15, 0.2) is 6.07 Å². The van der Waals surface area contributed by atoms with Gasteiger partial charge in [0.15, 0.2) is 0 Å². The number of hydrogen-bond donors (Lipinski definition) is 0. The first kappa shape index (κ1) is 14.7. The van der Waals surface area contributed by atoms with Gasteiger partial charge in [0.05, 0.1) is 16.8 Å². The average molecular weight is 286 g/mol. The number of nitriles is 1. The Kier molecular flexibility index (Phi) is 2.90. The van der Waals surface area contributed by atoms with Gasteiger partial charge in [-0.1, -0.05) is 13.8 Å². The van der Waals surface area contributed by atoms with Gasteiger partial charge in [0.25, 0.3) is 0 Å². The van der Waals surface area contributed by atoms with Gasteiger partial charge in [-0.25, -0.2) is 0 Å². The maximum absolute atomic E-state index is 9.39. The van der Waals surface area contributed by atoms with E-state index in [0.717, 1.165) is 29.8 Å². The number of hydrogen-bond acceptors (Lipinski definition) is 3. The van der Waals surface area contributed by atoms with E-state index in [9.17, 15) is 5.26 Å². The van der Waals surface area contributed by atoms with Gasteiger partial charge < -0.3 is 13.9 Å². The Balaban J connectivity index is 2.02. The van der Waals surface area contributed by atoms with Crippen molar-refractivity contribution in [1.29, 1.82) is 5.26 Å². The van der Waals surface area contributed by atoms with E-state index in [2.05, 4.69) is 52.2 Å². The van der Waals surface area contributed by atoms with Crippen molar-refractivity contribution < 1.29 is 9.31 Å². The van der Waals surface area contributed by atoms with Crippen molar-refractivity contribution >= 4 is 12.7 Å². The van der Waals surface area contributed by atoms with E-state index in [0.29, 0.717) is 0 Å². The molecule has 3 rings (SSSR count). The molecular weight excluding hydrogens is 263 g/mol. The minimum absolute atomic E-state index is 0.181. The van der Waals surface area contributed by atoms with Crippen LogP contribution < -0.4 is 5.59 Å². The first-order valence-corrected chi connectivity index (χ1v) is 7.54. The van der Waals surface area contributed by atoms with Gasteiger partial charge in [0.1, 0.15) is 6.07 Å². The molecule has 112 valence electrons. The van der Waals surface area contributed by atoms with Gasteiger partial charge in [0.2, 0.25) is 0 Å². The van der Waals surface area contributed by atoms with Crippen molar-refractivity contribution in [2.45, 2.75) is 65.7 Å². The monoisotopic (exact) mass is 286 g/mol. The van der Waals surface area contributed by atoms with Crippen molar-refractivity contribution in [2.24, 2.45) is 5.41 Å². The molecule has 0 aliphatic carbocycles. The Morgan fingerprint density at radius 3 is 2.24 bits per heavy atom. The van der Waals surface area contributed by atoms with Crippen LogP contribution in [0.3, 0.4) is 0 Å². The Morgan fingerprint density at radius 2 is 1.71 bits per heavy atom. The Morgan fingerprint density at radius 1 is 1.14 bits per heavy atom. The predicted octanol–water partition coefficient (Wildman–Crippen LogP) is 2.24. The van der Waals surface area contributed by atoms with Crippen LogP contribution >= 0.6 is 0 Å². The van der Waals surface area contributed by atoms with Crippen molar-refractivity contribution in [3.05, 3.63) is 17.3 Å². The fourth-order valence-corrected chi connectivity index (χ4v) is 3.18. The molecule has 3 heterocycles. The van der Waals surface area contributed by atoms with Crippen LogP contribution in [-0.4, -0.2) is 22.9 Å². The first-order chi connectivity index (χ1) is 9.56. The summed E-state index contributed by atoms with van der Waals surface area (Å²) in [7, 11) is -0.398. The zero-order valence-corrected chi connectivity index (χ0v) is 13.8. The predicted molar refractivity (Wildman–Crippen MR) is 82.3 cm³/mol. The SMILES string of the molecule is CC1(C)Cc2c(C#N)cc(B3OC(C)(C)C(C)(C)O3)n2C1. The summed E-state index contributed by atoms with van der Waals surface area (Å²) in [6.07, 6.45) is 0.926. The molecule has 0 amide bonds. The molecule has 1 fully saturated rings. The van der Waals surface area contributed by atoms with E-state index in [-0.39, 0.29) is 16.6 Å². The van der Waals surface area contributed by atoms with E-state index < -0.39 is 7.12 Å². The molecule has 0 spiro atoms. The van der Waals surface area contributed by atoms with E-state index in [1.807, 2.05) is 6.07 Å². The third-order valence-corrected chi connectivity index (χ3v) is 5.09. The van der Waals surface area contributed by atoms with Crippen LogP contribution in [0.5, 0.6) is 0 Å². The summed E-state index contributed by atoms with van der Waals surface area (Å²) >= 11 is 0. The normalized spacial score (nSPS) is 24.9. The molecule has 1 aromatic rings. The zero-order valence-electron chi connectivity index (χ0n) is 13.8. The fourth-order valence-electron chi connectivity index (χ4n) is 3.18. The molecule has 0 unspecified atom stereocenters. The van der Waals surface area contributed by atoms with Crippen molar-refractivity contribution in [3.63, 3.8) is 0 Å². The highest BCUT2D eigenvalue weighted by Crippen LogP contribution is 2.38. The Bertz CT molecular complexity index is 621. The molecule has 2 aliphatic rings. The Labute approximate surface area is 127 Å². The summed E-state index contributed by atoms with van der Waals surface area (Å²) in [4.78, 5) is 0. The van der Waals surface area contributed by atoms with Crippen LogP contribution in [0.2, 0.25) is 0 Å². The van der Waals surface area contributed by atoms with E-state index in [1.54, 1.807) is 0 Å². The van der Waals surface area contributed by atoms with Crippen LogP contribution in [0.4, 0.5) is 0 Å². The minimum Gasteiger partial charge on any atom is -0.398 e. The van der Waals surface area contributed by atoms with Crippen LogP contribution in [0.25, 0.3) is 0 Å². The minimum atomic E-state index is -0.398. The smallest absolute Gasteiger partial charge is 0.398 e. The highest BCUT2D eigenvalue weighted by Gasteiger charge is 2.53. The van der Waals surface area contributed by atoms with Crippen LogP contribution in [0.1, 0.15) is 52.8 Å². The molecule has 0 aromatic carbocycles. The third kappa shape index (κ3) is 2.13. The van der Waals surface area contributed by atoms with Crippen LogP contribution in [-0.2, 0) is 22.3 Å². The van der Waals surface area contributed by atoms with Crippen molar-refractivity contribution in [1.82, 2.24) is 4.57 Å². The molecule has 0 saturated carbocycles. The number of fused-ring (bicyclic) bond motifs is 1. The molecule has 1 saturated heterocycles. The summed E-state index contributed by atoms with van der Waals surface area (Å²) in [6.45, 7) is 13.6. The largest absolute Gasteiger partial charge is 0.512 e. The van der Waals surface area contributed by atoms with Crippen molar-refractivity contribution in [2.75, 3.05) is 0 Å². The quantitative estimate of drug-likeness (QED) is 0.744. The lowest BCUT2D eigenvalue weighted by atomic mass is 9.83. The molecule has 2 aliphatic heterocycles. The summed E-state index contributed by atoms with van der Waals surface area (Å²) < 4.78 is 14.5. The topological polar surface area (TPSA) is 47.2 Å². The molecule has 0 radical (unpaired) electrons. The zero-order chi connectivity index (χ0) is 15.6. The van der Waals surface area contributed by atoms with Crippen LogP contribution in [0, 0.1) is 16.7 Å². The first-order valence-electron chi connectivity index (χ1n) is 7.54. The molecule has 4 nitrogen and oxygen atoms in total. The number of nitrogens with zero attached hydrogens (tertiary/aromatic N) is 2. The summed E-state index contributed by atoms with van der Waals surface area (Å²) in [5.74, 6) is 0. The van der Waals surface area contributed by atoms with Gasteiger partial charge in [-0.3, -0.25) is 0 Å². The van der Waals surface area contributed by atoms with E-state index in [4.69, 9.17) is 9.31 Å². The van der Waals surface area contributed by atoms with Gasteiger partial charge >= 0.3 is 7.12 Å². The van der Waals surface area contributed by atoms with Gasteiger partial charge in [-0.2, -0.15) is 5.26 Å². The molecule has 5 heteroatoms. The van der Waals surface area contributed by atoms with Gasteiger partial charge in [-0.15, -0.1) is 0 Å². The highest BCUT2D eigenvalue weighted by atomic mass is 16.7. The standard InChI is InChI=1S/C16H23BN2O2/c1-14(2)8-12-11(9-18)7-13(19(12)10-14)17-20-15(3,4)16(5,6)21-17/h7H,8,10H2,1-6H3. The molecule has 1 aromatic heterocycles. The fraction of sp³-hybridized carbons (Fsp3) is 0.688. The van der Waals surface area contributed by atoms with Gasteiger partial charge in [-0.05, 0) is 45.6 Å². The number of aromatic nitrogens is 1. The summed E-state index contributed by atoms with van der Waals surface area (Å²) in [6, 6.07) is 4.26. The molecule has 0 N–H and O–H groups in total. The van der Waals surface area contributed by atoms with E-state index in [1.165, 1.54) is 0 Å². The maximum Gasteiger partial charge on any atom is 0.512 e. The van der Waals surface area contributed by atoms with E-state index >= 15 is 0 Å². The lowest BCUT2D eigenvalue weighted by Crippen LogP contribution is -2.41. The second kappa shape index (κ2) is 4.15. The maximum atomic E-state index is 9.39. The third-order valence-electron chi connectivity index (χ3n) is 5.09. The lowest BCUT2D eigenvalue weighted by Gasteiger charge is -2.32. The lowest BCUT2D eigenvalue weighted by molar-refractivity contribution is 0.00578. The summed E-state index contributed by atoms with van der Waals surface area (Å²) in [5, 5.41) is 9.39. The van der Waals surface area contributed by atoms with Gasteiger partial charge in [0, 0.05) is 17.8 Å². The number of rotatable bonds is 1.